The van der Waals surface area contributed by atoms with Crippen molar-refractivity contribution in [3.63, 3.8) is 0 Å². The van der Waals surface area contributed by atoms with Gasteiger partial charge in [0.25, 0.3) is 5.92 Å². The number of rotatable bonds is 2. The number of fused-ring (bicyclic) bond motifs is 2. The molecule has 0 aromatic rings. The molecule has 106 valence electrons. The highest BCUT2D eigenvalue weighted by Gasteiger charge is 2.84. The summed E-state index contributed by atoms with van der Waals surface area (Å²) in [7, 11) is 0. The van der Waals surface area contributed by atoms with E-state index in [-0.39, 0.29) is 12.8 Å². The van der Waals surface area contributed by atoms with Crippen molar-refractivity contribution in [2.24, 2.45) is 11.8 Å². The molecule has 0 heterocycles. The minimum absolute atomic E-state index is 0.108. The van der Waals surface area contributed by atoms with E-state index >= 15 is 0 Å². The fourth-order valence-corrected chi connectivity index (χ4v) is 3.23. The number of hydrogen-bond acceptors (Lipinski definition) is 1. The van der Waals surface area contributed by atoms with Gasteiger partial charge in [-0.05, 0) is 19.3 Å². The molecule has 0 saturated heterocycles. The molecule has 2 aliphatic carbocycles. The van der Waals surface area contributed by atoms with Crippen LogP contribution in [-0.2, 0) is 0 Å². The zero-order valence-corrected chi connectivity index (χ0v) is 9.08. The first kappa shape index (κ1) is 13.9. The third-order valence-electron chi connectivity index (χ3n) is 4.26. The molecular weight excluding hydrogens is 269 g/mol. The predicted octanol–water partition coefficient (Wildman–Crippen LogP) is 3.02. The fraction of sp³-hybridized carbons (Fsp3) is 1.00. The lowest BCUT2D eigenvalue weighted by Crippen LogP contribution is -2.71. The Labute approximate surface area is 98.0 Å². The summed E-state index contributed by atoms with van der Waals surface area (Å²) >= 11 is 0. The monoisotopic (exact) mass is 280 g/mol. The Bertz CT molecular complexity index is 355. The van der Waals surface area contributed by atoms with E-state index in [1.165, 1.54) is 0 Å². The van der Waals surface area contributed by atoms with Gasteiger partial charge in [0.2, 0.25) is 11.3 Å². The van der Waals surface area contributed by atoms with Gasteiger partial charge >= 0.3 is 6.18 Å². The van der Waals surface area contributed by atoms with Crippen molar-refractivity contribution in [3.8, 4) is 0 Å². The van der Waals surface area contributed by atoms with Crippen LogP contribution in [0.15, 0.2) is 0 Å². The van der Waals surface area contributed by atoms with Crippen molar-refractivity contribution in [1.82, 2.24) is 0 Å². The first-order valence-electron chi connectivity index (χ1n) is 5.44. The maximum atomic E-state index is 14.4. The predicted molar refractivity (Wildman–Crippen MR) is 46.6 cm³/mol. The summed E-state index contributed by atoms with van der Waals surface area (Å²) in [6.45, 7) is -2.62. The minimum atomic E-state index is -5.79. The average Bonchev–Trinajstić information content (AvgIpc) is 2.79. The lowest BCUT2D eigenvalue weighted by atomic mass is 9.71. The summed E-state index contributed by atoms with van der Waals surface area (Å²) in [5.74, 6) is -7.60. The molecule has 0 aromatic heterocycles. The number of alkyl halides is 7. The lowest BCUT2D eigenvalue weighted by Gasteiger charge is -2.46. The van der Waals surface area contributed by atoms with Gasteiger partial charge in [0.05, 0.1) is 0 Å². The smallest absolute Gasteiger partial charge is 0.376 e. The number of aliphatic hydroxyl groups is 1. The molecule has 2 saturated carbocycles. The van der Waals surface area contributed by atoms with Crippen LogP contribution in [0.2, 0.25) is 0 Å². The maximum absolute atomic E-state index is 14.4. The van der Waals surface area contributed by atoms with E-state index in [4.69, 9.17) is 0 Å². The lowest BCUT2D eigenvalue weighted by molar-refractivity contribution is -0.353. The average molecular weight is 280 g/mol. The van der Waals surface area contributed by atoms with E-state index in [2.05, 4.69) is 0 Å². The van der Waals surface area contributed by atoms with Gasteiger partial charge in [0.1, 0.15) is 6.67 Å². The van der Waals surface area contributed by atoms with Gasteiger partial charge in [-0.1, -0.05) is 0 Å². The molecule has 2 bridgehead atoms. The highest BCUT2D eigenvalue weighted by Crippen LogP contribution is 2.67. The Morgan fingerprint density at radius 2 is 1.56 bits per heavy atom. The molecule has 0 amide bonds. The van der Waals surface area contributed by atoms with Crippen molar-refractivity contribution < 1.29 is 35.8 Å². The summed E-state index contributed by atoms with van der Waals surface area (Å²) in [6.07, 6.45) is -6.55. The van der Waals surface area contributed by atoms with Crippen molar-refractivity contribution >= 4 is 0 Å². The summed E-state index contributed by atoms with van der Waals surface area (Å²) in [6, 6.07) is 0. The Balaban J connectivity index is 2.54. The summed E-state index contributed by atoms with van der Waals surface area (Å²) in [5, 5.41) is 9.22. The quantitative estimate of drug-likeness (QED) is 0.771. The number of hydrogen-bond donors (Lipinski definition) is 1. The van der Waals surface area contributed by atoms with E-state index in [1.54, 1.807) is 0 Å². The normalized spacial score (nSPS) is 42.0. The molecule has 1 nitrogen and oxygen atoms in total. The molecule has 1 N–H and O–H groups in total. The van der Waals surface area contributed by atoms with Gasteiger partial charge in [-0.25, -0.2) is 17.6 Å². The van der Waals surface area contributed by atoms with Crippen LogP contribution in [0.4, 0.5) is 30.7 Å². The maximum Gasteiger partial charge on any atom is 0.423 e. The number of halogens is 7. The third kappa shape index (κ3) is 1.27. The van der Waals surface area contributed by atoms with Crippen molar-refractivity contribution in [2.75, 3.05) is 6.67 Å². The van der Waals surface area contributed by atoms with Gasteiger partial charge in [-0.3, -0.25) is 0 Å². The second-order valence-electron chi connectivity index (χ2n) is 5.03. The SMILES string of the molecule is OC(CF)(C(F)(F)F)C1(F)C2CCC(C2)C1(F)F. The Morgan fingerprint density at radius 3 is 1.89 bits per heavy atom. The second-order valence-corrected chi connectivity index (χ2v) is 5.03. The summed E-state index contributed by atoms with van der Waals surface area (Å²) in [4.78, 5) is 0. The standard InChI is InChI=1S/C10H11F7O/c11-4-7(18,10(15,16)17)8(12)5-1-2-6(3-5)9(8,13)14/h5-6,18H,1-4H2. The molecular formula is C10H11F7O. The van der Waals surface area contributed by atoms with Crippen LogP contribution in [0.5, 0.6) is 0 Å². The Kier molecular flexibility index (Phi) is 2.72. The molecule has 18 heavy (non-hydrogen) atoms. The Hall–Kier alpha value is -0.530. The van der Waals surface area contributed by atoms with Crippen LogP contribution in [-0.4, -0.2) is 35.1 Å². The first-order chi connectivity index (χ1) is 8.02. The Morgan fingerprint density at radius 1 is 1.06 bits per heavy atom. The zero-order valence-electron chi connectivity index (χ0n) is 9.08. The second kappa shape index (κ2) is 3.52. The summed E-state index contributed by atoms with van der Waals surface area (Å²) in [5.41, 5.74) is -8.93. The molecule has 2 aliphatic rings. The van der Waals surface area contributed by atoms with Gasteiger partial charge in [-0.2, -0.15) is 13.2 Å². The van der Waals surface area contributed by atoms with E-state index in [0.717, 1.165) is 0 Å². The molecule has 2 rings (SSSR count). The van der Waals surface area contributed by atoms with Crippen molar-refractivity contribution in [3.05, 3.63) is 0 Å². The van der Waals surface area contributed by atoms with Crippen molar-refractivity contribution in [1.29, 1.82) is 0 Å². The zero-order chi connectivity index (χ0) is 14.0. The molecule has 0 aromatic carbocycles. The molecule has 2 fully saturated rings. The largest absolute Gasteiger partial charge is 0.423 e. The first-order valence-corrected chi connectivity index (χ1v) is 5.44. The van der Waals surface area contributed by atoms with E-state index in [9.17, 15) is 35.8 Å². The van der Waals surface area contributed by atoms with Gasteiger partial charge < -0.3 is 5.11 Å². The van der Waals surface area contributed by atoms with Crippen LogP contribution >= 0.6 is 0 Å². The van der Waals surface area contributed by atoms with Crippen LogP contribution in [0, 0.1) is 11.8 Å². The molecule has 4 atom stereocenters. The van der Waals surface area contributed by atoms with Crippen LogP contribution in [0.3, 0.4) is 0 Å². The van der Waals surface area contributed by atoms with E-state index in [1.807, 2.05) is 0 Å². The van der Waals surface area contributed by atoms with Gasteiger partial charge in [0, 0.05) is 11.8 Å². The molecule has 0 radical (unpaired) electrons. The molecule has 0 spiro atoms. The minimum Gasteiger partial charge on any atom is -0.376 e. The topological polar surface area (TPSA) is 20.2 Å². The van der Waals surface area contributed by atoms with E-state index in [0.29, 0.717) is 0 Å². The van der Waals surface area contributed by atoms with Gasteiger partial charge in [-0.15, -0.1) is 0 Å². The molecule has 4 unspecified atom stereocenters. The highest BCUT2D eigenvalue weighted by atomic mass is 19.4. The van der Waals surface area contributed by atoms with Crippen LogP contribution in [0.25, 0.3) is 0 Å². The third-order valence-corrected chi connectivity index (χ3v) is 4.26. The van der Waals surface area contributed by atoms with E-state index < -0.39 is 48.3 Å². The molecule has 8 heteroatoms. The van der Waals surface area contributed by atoms with Crippen LogP contribution < -0.4 is 0 Å². The van der Waals surface area contributed by atoms with Gasteiger partial charge in [0.15, 0.2) is 0 Å². The summed E-state index contributed by atoms with van der Waals surface area (Å²) < 4.78 is 92.1. The van der Waals surface area contributed by atoms with Crippen LogP contribution in [0.1, 0.15) is 19.3 Å². The fourth-order valence-electron chi connectivity index (χ4n) is 3.23. The highest BCUT2D eigenvalue weighted by molar-refractivity contribution is 5.23. The molecule has 0 aliphatic heterocycles. The van der Waals surface area contributed by atoms with Crippen molar-refractivity contribution in [2.45, 2.75) is 42.6 Å².